The molecular formula is C60H101NO10. The van der Waals surface area contributed by atoms with Crippen molar-refractivity contribution < 1.29 is 49.3 Å². The van der Waals surface area contributed by atoms with Gasteiger partial charge in [0.25, 0.3) is 0 Å². The maximum Gasteiger partial charge on any atom is 0.306 e. The van der Waals surface area contributed by atoms with Crippen molar-refractivity contribution in [2.75, 3.05) is 13.2 Å². The van der Waals surface area contributed by atoms with Gasteiger partial charge in [0, 0.05) is 6.42 Å². The molecule has 1 aliphatic heterocycles. The van der Waals surface area contributed by atoms with Crippen LogP contribution in [-0.2, 0) is 23.8 Å². The van der Waals surface area contributed by atoms with Gasteiger partial charge in [0.05, 0.1) is 25.4 Å². The first-order valence-electron chi connectivity index (χ1n) is 28.0. The van der Waals surface area contributed by atoms with Crippen molar-refractivity contribution in [3.63, 3.8) is 0 Å². The van der Waals surface area contributed by atoms with Crippen LogP contribution in [0.25, 0.3) is 0 Å². The Morgan fingerprint density at radius 1 is 0.563 bits per heavy atom. The molecule has 1 saturated heterocycles. The molecule has 1 aliphatic rings. The Labute approximate surface area is 431 Å². The summed E-state index contributed by atoms with van der Waals surface area (Å²) in [4.78, 5) is 26.4. The second kappa shape index (κ2) is 47.6. The average Bonchev–Trinajstić information content (AvgIpc) is 3.37. The fraction of sp³-hybridized carbons (Fsp3) is 0.700. The van der Waals surface area contributed by atoms with E-state index in [4.69, 9.17) is 14.2 Å². The van der Waals surface area contributed by atoms with E-state index in [1.54, 1.807) is 6.08 Å². The first-order chi connectivity index (χ1) is 34.7. The third kappa shape index (κ3) is 36.2. The fourth-order valence-corrected chi connectivity index (χ4v) is 8.01. The third-order valence-corrected chi connectivity index (χ3v) is 12.5. The van der Waals surface area contributed by atoms with Gasteiger partial charge < -0.3 is 45.1 Å². The van der Waals surface area contributed by atoms with E-state index < -0.39 is 67.4 Å². The highest BCUT2D eigenvalue weighted by molar-refractivity contribution is 5.80. The molecule has 1 fully saturated rings. The van der Waals surface area contributed by atoms with Crippen LogP contribution in [0.2, 0.25) is 0 Å². The van der Waals surface area contributed by atoms with Crippen molar-refractivity contribution in [2.45, 2.75) is 256 Å². The number of esters is 1. The van der Waals surface area contributed by atoms with E-state index in [2.05, 4.69) is 99.0 Å². The quantitative estimate of drug-likeness (QED) is 0.0196. The van der Waals surface area contributed by atoms with E-state index >= 15 is 0 Å². The Bertz CT molecular complexity index is 1520. The van der Waals surface area contributed by atoms with Gasteiger partial charge in [0.2, 0.25) is 5.91 Å². The number of unbranched alkanes of at least 4 members (excludes halogenated alkanes) is 17. The number of aliphatic hydroxyl groups is 5. The highest BCUT2D eigenvalue weighted by Crippen LogP contribution is 2.26. The van der Waals surface area contributed by atoms with Gasteiger partial charge in [0.1, 0.15) is 24.4 Å². The number of hydrogen-bond donors (Lipinski definition) is 6. The number of aliphatic hydroxyl groups excluding tert-OH is 5. The van der Waals surface area contributed by atoms with Gasteiger partial charge in [-0.2, -0.15) is 0 Å². The van der Waals surface area contributed by atoms with Gasteiger partial charge in [-0.05, 0) is 83.5 Å². The number of nitrogens with one attached hydrogen (secondary N) is 1. The Morgan fingerprint density at radius 3 is 1.56 bits per heavy atom. The second-order valence-electron chi connectivity index (χ2n) is 18.9. The van der Waals surface area contributed by atoms with E-state index in [9.17, 15) is 35.1 Å². The van der Waals surface area contributed by atoms with Crippen LogP contribution in [0, 0.1) is 0 Å². The molecule has 0 spiro atoms. The molecule has 1 amide bonds. The summed E-state index contributed by atoms with van der Waals surface area (Å²) in [5.41, 5.74) is 0. The van der Waals surface area contributed by atoms with Gasteiger partial charge in [0.15, 0.2) is 12.4 Å². The Hall–Kier alpha value is -3.42. The molecule has 0 aromatic rings. The van der Waals surface area contributed by atoms with Crippen molar-refractivity contribution in [3.05, 3.63) is 97.2 Å². The van der Waals surface area contributed by atoms with Crippen molar-refractivity contribution in [1.82, 2.24) is 5.32 Å². The Morgan fingerprint density at radius 2 is 1.03 bits per heavy atom. The van der Waals surface area contributed by atoms with E-state index in [1.807, 2.05) is 18.2 Å². The first kappa shape index (κ1) is 65.6. The monoisotopic (exact) mass is 996 g/mol. The van der Waals surface area contributed by atoms with Gasteiger partial charge in [-0.25, -0.2) is 0 Å². The van der Waals surface area contributed by atoms with E-state index in [-0.39, 0.29) is 19.4 Å². The molecule has 11 nitrogen and oxygen atoms in total. The summed E-state index contributed by atoms with van der Waals surface area (Å²) in [5, 5.41) is 56.6. The largest absolute Gasteiger partial charge is 0.454 e. The first-order valence-corrected chi connectivity index (χ1v) is 28.0. The summed E-state index contributed by atoms with van der Waals surface area (Å²) in [5.74, 6) is -1.30. The van der Waals surface area contributed by atoms with Gasteiger partial charge in [-0.15, -0.1) is 0 Å². The molecule has 0 saturated carbocycles. The number of allylic oxidation sites excluding steroid dienone is 15. The van der Waals surface area contributed by atoms with Crippen LogP contribution in [-0.4, -0.2) is 99.6 Å². The van der Waals surface area contributed by atoms with Crippen LogP contribution >= 0.6 is 0 Å². The lowest BCUT2D eigenvalue weighted by atomic mass is 9.99. The maximum absolute atomic E-state index is 13.3. The molecule has 71 heavy (non-hydrogen) atoms. The molecule has 8 atom stereocenters. The smallest absolute Gasteiger partial charge is 0.306 e. The zero-order valence-corrected chi connectivity index (χ0v) is 44.6. The number of carbonyl (C=O) groups excluding carboxylic acids is 2. The second-order valence-corrected chi connectivity index (χ2v) is 18.9. The summed E-state index contributed by atoms with van der Waals surface area (Å²) >= 11 is 0. The van der Waals surface area contributed by atoms with Crippen LogP contribution in [0.3, 0.4) is 0 Å². The summed E-state index contributed by atoms with van der Waals surface area (Å²) in [6.45, 7) is 5.55. The minimum absolute atomic E-state index is 0.00701. The lowest BCUT2D eigenvalue weighted by Gasteiger charge is -2.41. The highest BCUT2D eigenvalue weighted by atomic mass is 16.7. The summed E-state index contributed by atoms with van der Waals surface area (Å²) in [6, 6.07) is -1.05. The van der Waals surface area contributed by atoms with Crippen LogP contribution < -0.4 is 5.32 Å². The van der Waals surface area contributed by atoms with E-state index in [0.717, 1.165) is 89.9 Å². The van der Waals surface area contributed by atoms with Gasteiger partial charge >= 0.3 is 5.97 Å². The van der Waals surface area contributed by atoms with Gasteiger partial charge in [-0.3, -0.25) is 9.59 Å². The summed E-state index contributed by atoms with van der Waals surface area (Å²) < 4.78 is 17.5. The van der Waals surface area contributed by atoms with Crippen molar-refractivity contribution in [2.24, 2.45) is 0 Å². The van der Waals surface area contributed by atoms with Crippen molar-refractivity contribution in [1.29, 1.82) is 0 Å². The molecule has 0 aliphatic carbocycles. The van der Waals surface area contributed by atoms with Gasteiger partial charge in [-0.1, -0.05) is 214 Å². The predicted octanol–water partition coefficient (Wildman–Crippen LogP) is 12.4. The SMILES string of the molecule is CC/C=C\C/C=C\C/C=C\C/C=C\C/C=C\C/C=C\CCC(=O)OC1C(OCC(NC(=O)C(O)CCCCCC/C=C\CCCC)C(O)/C=C/CCCCCCCCCCCCC)OC(CO)C(O)C1O. The molecule has 8 unspecified atom stereocenters. The number of amides is 1. The number of ether oxygens (including phenoxy) is 3. The van der Waals surface area contributed by atoms with Crippen LogP contribution in [0.5, 0.6) is 0 Å². The molecule has 1 heterocycles. The minimum Gasteiger partial charge on any atom is -0.454 e. The fourth-order valence-electron chi connectivity index (χ4n) is 8.01. The molecule has 0 aromatic carbocycles. The van der Waals surface area contributed by atoms with Crippen molar-refractivity contribution >= 4 is 11.9 Å². The topological polar surface area (TPSA) is 175 Å². The van der Waals surface area contributed by atoms with E-state index in [0.29, 0.717) is 19.3 Å². The Balaban J connectivity index is 2.79. The molecule has 0 bridgehead atoms. The standard InChI is InChI=1S/C60H101NO10/c1-4-7-10-13-16-19-22-24-25-26-27-28-29-31-33-36-39-42-45-48-55(65)71-58-57(67)56(66)54(49-62)70-60(58)69-50-51(52(63)46-43-40-37-35-32-30-23-20-17-14-11-8-5-2)61-59(68)53(64)47-44-41-38-34-21-18-15-12-9-6-3/h7,10,15-16,18-19,24-25,27-28,31,33,39,42-43,46,51-54,56-58,60,62-64,66-67H,4-6,8-9,11-14,17,20-23,26,29-30,32,34-38,40-41,44-45,47-50H2,1-3H3,(H,61,68)/b10-7-,18-15-,19-16-,25-24-,28-27-,33-31-,42-39-,46-43+. The molecule has 406 valence electrons. The maximum atomic E-state index is 13.3. The van der Waals surface area contributed by atoms with Crippen LogP contribution in [0.4, 0.5) is 0 Å². The number of rotatable bonds is 45. The normalized spacial score (nSPS) is 20.4. The molecule has 0 radical (unpaired) electrons. The minimum atomic E-state index is -1.65. The molecule has 1 rings (SSSR count). The van der Waals surface area contributed by atoms with Crippen LogP contribution in [0.15, 0.2) is 97.2 Å². The molecule has 6 N–H and O–H groups in total. The number of carbonyl (C=O) groups is 2. The molecule has 11 heteroatoms. The predicted molar refractivity (Wildman–Crippen MR) is 292 cm³/mol. The summed E-state index contributed by atoms with van der Waals surface area (Å²) in [7, 11) is 0. The lowest BCUT2D eigenvalue weighted by Crippen LogP contribution is -2.61. The number of hydrogen-bond acceptors (Lipinski definition) is 10. The van der Waals surface area contributed by atoms with E-state index in [1.165, 1.54) is 64.2 Å². The zero-order chi connectivity index (χ0) is 51.8. The average molecular weight is 996 g/mol. The third-order valence-electron chi connectivity index (χ3n) is 12.5. The van der Waals surface area contributed by atoms with Crippen molar-refractivity contribution in [3.8, 4) is 0 Å². The molecule has 0 aromatic heterocycles. The lowest BCUT2D eigenvalue weighted by molar-refractivity contribution is -0.305. The zero-order valence-electron chi connectivity index (χ0n) is 44.6. The highest BCUT2D eigenvalue weighted by Gasteiger charge is 2.47. The Kier molecular flexibility index (Phi) is 44.0. The summed E-state index contributed by atoms with van der Waals surface area (Å²) in [6.07, 6.45) is 51.8. The molecular weight excluding hydrogens is 895 g/mol. The van der Waals surface area contributed by atoms with Crippen LogP contribution in [0.1, 0.15) is 207 Å².